The Hall–Kier alpha value is -3.54. The van der Waals surface area contributed by atoms with Crippen LogP contribution < -0.4 is 4.90 Å². The van der Waals surface area contributed by atoms with Crippen LogP contribution in [0.25, 0.3) is 0 Å². The molecule has 6 rings (SSSR count). The molecular formula is C30H22ClNO3S. The van der Waals surface area contributed by atoms with E-state index in [1.165, 1.54) is 24.2 Å². The molecule has 0 bridgehead atoms. The number of nitrogens with zero attached hydrogens (tertiary/aromatic N) is 1. The van der Waals surface area contributed by atoms with Gasteiger partial charge in [0, 0.05) is 43.4 Å². The molecule has 2 fully saturated rings. The van der Waals surface area contributed by atoms with E-state index >= 15 is 0 Å². The van der Waals surface area contributed by atoms with Gasteiger partial charge in [-0.1, -0.05) is 41.6 Å². The molecule has 6 heteroatoms. The summed E-state index contributed by atoms with van der Waals surface area (Å²) < 4.78 is 0. The van der Waals surface area contributed by atoms with Crippen LogP contribution in [0.15, 0.2) is 107 Å². The van der Waals surface area contributed by atoms with Gasteiger partial charge in [0.25, 0.3) is 0 Å². The minimum Gasteiger partial charge on any atom is -0.478 e. The molecule has 0 aliphatic heterocycles. The number of rotatable bonds is 8. The average Bonchev–Trinajstić information content (AvgIpc) is 3.82. The minimum absolute atomic E-state index is 0.119. The third kappa shape index (κ3) is 4.41. The summed E-state index contributed by atoms with van der Waals surface area (Å²) >= 11 is 7.46. The van der Waals surface area contributed by atoms with E-state index in [1.54, 1.807) is 12.1 Å². The third-order valence-electron chi connectivity index (χ3n) is 6.88. The van der Waals surface area contributed by atoms with Gasteiger partial charge in [0.1, 0.15) is 0 Å². The summed E-state index contributed by atoms with van der Waals surface area (Å²) in [5.74, 6) is 0.250. The van der Waals surface area contributed by atoms with Gasteiger partial charge in [-0.3, -0.25) is 4.79 Å². The summed E-state index contributed by atoms with van der Waals surface area (Å²) in [5, 5.41) is 10.5. The lowest BCUT2D eigenvalue weighted by Crippen LogP contribution is -2.25. The number of hydrogen-bond acceptors (Lipinski definition) is 4. The number of hydrogen-bond donors (Lipinski definition) is 1. The number of carboxylic acids is 1. The first-order chi connectivity index (χ1) is 17.5. The van der Waals surface area contributed by atoms with Crippen LogP contribution >= 0.6 is 23.4 Å². The fourth-order valence-electron chi connectivity index (χ4n) is 4.70. The molecule has 2 unspecified atom stereocenters. The Kier molecular flexibility index (Phi) is 5.82. The zero-order valence-electron chi connectivity index (χ0n) is 19.2. The molecule has 0 radical (unpaired) electrons. The van der Waals surface area contributed by atoms with Crippen LogP contribution in [0.2, 0.25) is 5.02 Å². The summed E-state index contributed by atoms with van der Waals surface area (Å²) in [6, 6.07) is 30.4. The molecule has 0 heterocycles. The molecule has 0 saturated heterocycles. The van der Waals surface area contributed by atoms with Crippen molar-refractivity contribution >= 4 is 46.5 Å². The lowest BCUT2D eigenvalue weighted by molar-refractivity contribution is 0.0693. The second-order valence-corrected chi connectivity index (χ2v) is 10.8. The number of ketones is 1. The Morgan fingerprint density at radius 1 is 0.806 bits per heavy atom. The molecule has 178 valence electrons. The fourth-order valence-corrected chi connectivity index (χ4v) is 5.77. The Balaban J connectivity index is 1.26. The number of anilines is 2. The van der Waals surface area contributed by atoms with E-state index < -0.39 is 5.97 Å². The maximum absolute atomic E-state index is 13.3. The predicted octanol–water partition coefficient (Wildman–Crippen LogP) is 7.58. The van der Waals surface area contributed by atoms with E-state index in [0.29, 0.717) is 27.1 Å². The summed E-state index contributed by atoms with van der Waals surface area (Å²) in [4.78, 5) is 29.1. The van der Waals surface area contributed by atoms with Crippen molar-refractivity contribution in [3.63, 3.8) is 0 Å². The third-order valence-corrected chi connectivity index (χ3v) is 8.22. The standard InChI is InChI=1S/C30H22ClNO3S/c31-20-9-13-22(14-10-20)32(28-24-17-25(24)28)21-11-6-18(7-12-21)29(33)19-8-15-27(26(16-19)30(34)35)36-23-4-2-1-3-5-23/h1-16,24-25,28H,17H2,(H,34,35). The van der Waals surface area contributed by atoms with Gasteiger partial charge in [-0.15, -0.1) is 0 Å². The van der Waals surface area contributed by atoms with E-state index in [4.69, 9.17) is 11.6 Å². The molecule has 4 aromatic carbocycles. The smallest absolute Gasteiger partial charge is 0.336 e. The van der Waals surface area contributed by atoms with Crippen LogP contribution in [0.3, 0.4) is 0 Å². The quantitative estimate of drug-likeness (QED) is 0.247. The maximum Gasteiger partial charge on any atom is 0.336 e. The van der Waals surface area contributed by atoms with Crippen LogP contribution in [-0.4, -0.2) is 22.9 Å². The van der Waals surface area contributed by atoms with Gasteiger partial charge in [0.2, 0.25) is 0 Å². The van der Waals surface area contributed by atoms with Crippen molar-refractivity contribution in [1.29, 1.82) is 0 Å². The van der Waals surface area contributed by atoms with Crippen LogP contribution in [-0.2, 0) is 0 Å². The fraction of sp³-hybridized carbons (Fsp3) is 0.133. The Labute approximate surface area is 218 Å². The highest BCUT2D eigenvalue weighted by atomic mass is 35.5. The summed E-state index contributed by atoms with van der Waals surface area (Å²) in [7, 11) is 0. The number of aromatic carboxylic acids is 1. The van der Waals surface area contributed by atoms with Gasteiger partial charge < -0.3 is 10.0 Å². The summed E-state index contributed by atoms with van der Waals surface area (Å²) in [5.41, 5.74) is 3.12. The van der Waals surface area contributed by atoms with Gasteiger partial charge in [0.05, 0.1) is 5.56 Å². The number of carbonyl (C=O) groups excluding carboxylic acids is 1. The summed E-state index contributed by atoms with van der Waals surface area (Å²) in [6.45, 7) is 0. The molecule has 0 aromatic heterocycles. The van der Waals surface area contributed by atoms with Crippen LogP contribution in [0, 0.1) is 11.8 Å². The Morgan fingerprint density at radius 3 is 2.00 bits per heavy atom. The highest BCUT2D eigenvalue weighted by Gasteiger charge is 2.67. The molecule has 36 heavy (non-hydrogen) atoms. The van der Waals surface area contributed by atoms with Crippen molar-refractivity contribution in [2.75, 3.05) is 4.90 Å². The number of carbonyl (C=O) groups is 2. The first-order valence-electron chi connectivity index (χ1n) is 11.8. The molecule has 2 aliphatic rings. The van der Waals surface area contributed by atoms with Crippen molar-refractivity contribution in [1.82, 2.24) is 0 Å². The van der Waals surface area contributed by atoms with Gasteiger partial charge >= 0.3 is 5.97 Å². The van der Waals surface area contributed by atoms with E-state index in [2.05, 4.69) is 4.90 Å². The molecule has 1 N–H and O–H groups in total. The lowest BCUT2D eigenvalue weighted by Gasteiger charge is -2.28. The van der Waals surface area contributed by atoms with E-state index in [1.807, 2.05) is 78.9 Å². The Bertz CT molecular complexity index is 1450. The van der Waals surface area contributed by atoms with E-state index in [9.17, 15) is 14.7 Å². The molecular weight excluding hydrogens is 490 g/mol. The van der Waals surface area contributed by atoms with Crippen LogP contribution in [0.5, 0.6) is 0 Å². The molecule has 4 nitrogen and oxygen atoms in total. The van der Waals surface area contributed by atoms with Gasteiger partial charge in [0.15, 0.2) is 5.78 Å². The average molecular weight is 512 g/mol. The molecule has 0 spiro atoms. The Morgan fingerprint density at radius 2 is 1.42 bits per heavy atom. The van der Waals surface area contributed by atoms with Crippen LogP contribution in [0.1, 0.15) is 32.7 Å². The lowest BCUT2D eigenvalue weighted by atomic mass is 10.0. The molecule has 2 saturated carbocycles. The van der Waals surface area contributed by atoms with Crippen molar-refractivity contribution in [3.8, 4) is 0 Å². The monoisotopic (exact) mass is 511 g/mol. The highest BCUT2D eigenvalue weighted by molar-refractivity contribution is 7.99. The van der Waals surface area contributed by atoms with Crippen molar-refractivity contribution in [2.45, 2.75) is 22.3 Å². The van der Waals surface area contributed by atoms with Gasteiger partial charge in [-0.2, -0.15) is 0 Å². The molecule has 2 atom stereocenters. The predicted molar refractivity (Wildman–Crippen MR) is 143 cm³/mol. The molecule has 2 aliphatic carbocycles. The first-order valence-corrected chi connectivity index (χ1v) is 13.0. The molecule has 4 aromatic rings. The molecule has 0 amide bonds. The normalized spacial score (nSPS) is 19.3. The summed E-state index contributed by atoms with van der Waals surface area (Å²) in [6.07, 6.45) is 1.29. The number of fused-ring (bicyclic) bond motifs is 1. The second-order valence-electron chi connectivity index (χ2n) is 9.21. The topological polar surface area (TPSA) is 57.6 Å². The van der Waals surface area contributed by atoms with Crippen molar-refractivity contribution in [2.24, 2.45) is 11.8 Å². The van der Waals surface area contributed by atoms with Crippen molar-refractivity contribution < 1.29 is 14.7 Å². The van der Waals surface area contributed by atoms with Gasteiger partial charge in [-0.05, 0) is 97.1 Å². The van der Waals surface area contributed by atoms with Crippen LogP contribution in [0.4, 0.5) is 11.4 Å². The minimum atomic E-state index is -1.06. The van der Waals surface area contributed by atoms with Crippen molar-refractivity contribution in [3.05, 3.63) is 119 Å². The number of halogens is 1. The van der Waals surface area contributed by atoms with Gasteiger partial charge in [-0.25, -0.2) is 4.79 Å². The number of benzene rings is 4. The zero-order chi connectivity index (χ0) is 24.8. The maximum atomic E-state index is 13.3. The number of carboxylic acid groups (broad SMARTS) is 1. The van der Waals surface area contributed by atoms with E-state index in [-0.39, 0.29) is 11.3 Å². The SMILES string of the molecule is O=C(c1ccc(N(c2ccc(Cl)cc2)C2C3CC32)cc1)c1ccc(Sc2ccccc2)c(C(=O)O)c1. The second kappa shape index (κ2) is 9.16. The highest BCUT2D eigenvalue weighted by Crippen LogP contribution is 2.66. The van der Waals surface area contributed by atoms with E-state index in [0.717, 1.165) is 28.1 Å². The first kappa shape index (κ1) is 22.9. The zero-order valence-corrected chi connectivity index (χ0v) is 20.7. The largest absolute Gasteiger partial charge is 0.478 e.